The van der Waals surface area contributed by atoms with Gasteiger partial charge in [-0.25, -0.2) is 9.37 Å². The Balaban J connectivity index is 1.26. The van der Waals surface area contributed by atoms with Gasteiger partial charge in [0.15, 0.2) is 5.82 Å². The lowest BCUT2D eigenvalue weighted by atomic mass is 10.2. The van der Waals surface area contributed by atoms with Crippen molar-refractivity contribution in [1.29, 1.82) is 0 Å². The fraction of sp³-hybridized carbons (Fsp3) is 0.0870. The number of nitrogens with one attached hydrogen (secondary N) is 2. The number of aromatic amines is 1. The number of thioether (sulfide) groups is 1. The number of rotatable bonds is 8. The molecule has 2 N–H and O–H groups in total. The molecule has 6 nitrogen and oxygen atoms in total. The molecule has 8 heteroatoms. The Morgan fingerprint density at radius 3 is 2.52 bits per heavy atom. The summed E-state index contributed by atoms with van der Waals surface area (Å²) >= 11 is 1.17. The van der Waals surface area contributed by atoms with E-state index in [2.05, 4.69) is 20.5 Å². The number of carbonyl (C=O) groups is 1. The van der Waals surface area contributed by atoms with E-state index in [0.717, 1.165) is 11.3 Å². The number of H-pyrrole nitrogens is 1. The van der Waals surface area contributed by atoms with Gasteiger partial charge < -0.3 is 10.1 Å². The van der Waals surface area contributed by atoms with Crippen LogP contribution in [0, 0.1) is 5.82 Å². The SMILES string of the molecule is O=C(CSc1n[nH]c(-c2ccccc2F)n1)Nc1ccc(OCc2ccccc2)cc1. The van der Waals surface area contributed by atoms with Crippen molar-refractivity contribution in [2.45, 2.75) is 11.8 Å². The molecule has 31 heavy (non-hydrogen) atoms. The van der Waals surface area contributed by atoms with E-state index in [-0.39, 0.29) is 17.5 Å². The van der Waals surface area contributed by atoms with E-state index in [4.69, 9.17) is 4.74 Å². The molecule has 1 heterocycles. The van der Waals surface area contributed by atoms with E-state index < -0.39 is 0 Å². The van der Waals surface area contributed by atoms with Crippen LogP contribution in [0.3, 0.4) is 0 Å². The number of nitrogens with zero attached hydrogens (tertiary/aromatic N) is 2. The minimum Gasteiger partial charge on any atom is -0.489 e. The predicted octanol–water partition coefficient (Wildman–Crippen LogP) is 4.92. The van der Waals surface area contributed by atoms with Gasteiger partial charge in [-0.3, -0.25) is 9.89 Å². The number of carbonyl (C=O) groups excluding carboxylic acids is 1. The van der Waals surface area contributed by atoms with E-state index in [1.807, 2.05) is 42.5 Å². The van der Waals surface area contributed by atoms with Gasteiger partial charge in [-0.15, -0.1) is 5.10 Å². The molecule has 156 valence electrons. The minimum atomic E-state index is -0.385. The van der Waals surface area contributed by atoms with E-state index in [9.17, 15) is 9.18 Å². The van der Waals surface area contributed by atoms with Crippen molar-refractivity contribution < 1.29 is 13.9 Å². The molecule has 0 saturated heterocycles. The lowest BCUT2D eigenvalue weighted by Gasteiger charge is -2.08. The van der Waals surface area contributed by atoms with Crippen LogP contribution in [-0.2, 0) is 11.4 Å². The second-order valence-corrected chi connectivity index (χ2v) is 7.52. The average molecular weight is 434 g/mol. The molecule has 0 spiro atoms. The zero-order valence-electron chi connectivity index (χ0n) is 16.4. The van der Waals surface area contributed by atoms with Crippen molar-refractivity contribution in [2.75, 3.05) is 11.1 Å². The average Bonchev–Trinajstić information content (AvgIpc) is 3.27. The van der Waals surface area contributed by atoms with Gasteiger partial charge in [0.25, 0.3) is 0 Å². The highest BCUT2D eigenvalue weighted by Gasteiger charge is 2.12. The van der Waals surface area contributed by atoms with Crippen molar-refractivity contribution >= 4 is 23.4 Å². The van der Waals surface area contributed by atoms with Gasteiger partial charge in [0.05, 0.1) is 11.3 Å². The lowest BCUT2D eigenvalue weighted by Crippen LogP contribution is -2.14. The number of hydrogen-bond acceptors (Lipinski definition) is 5. The van der Waals surface area contributed by atoms with Crippen molar-refractivity contribution in [3.8, 4) is 17.1 Å². The van der Waals surface area contributed by atoms with Crippen LogP contribution in [0.4, 0.5) is 10.1 Å². The summed E-state index contributed by atoms with van der Waals surface area (Å²) in [5.74, 6) is 0.593. The molecule has 0 radical (unpaired) electrons. The van der Waals surface area contributed by atoms with E-state index in [0.29, 0.717) is 28.8 Å². The number of anilines is 1. The summed E-state index contributed by atoms with van der Waals surface area (Å²) in [5.41, 5.74) is 2.09. The summed E-state index contributed by atoms with van der Waals surface area (Å²) in [6.07, 6.45) is 0. The molecule has 0 bridgehead atoms. The zero-order valence-corrected chi connectivity index (χ0v) is 17.2. The Labute approximate surface area is 182 Å². The van der Waals surface area contributed by atoms with Gasteiger partial charge in [0, 0.05) is 5.69 Å². The van der Waals surface area contributed by atoms with E-state index in [1.165, 1.54) is 17.8 Å². The molecule has 3 aromatic carbocycles. The molecule has 0 aliphatic rings. The molecule has 0 unspecified atom stereocenters. The Morgan fingerprint density at radius 1 is 1.00 bits per heavy atom. The van der Waals surface area contributed by atoms with Gasteiger partial charge in [0.2, 0.25) is 11.1 Å². The molecule has 0 atom stereocenters. The summed E-state index contributed by atoms with van der Waals surface area (Å²) in [7, 11) is 0. The van der Waals surface area contributed by atoms with Gasteiger partial charge in [-0.2, -0.15) is 0 Å². The van der Waals surface area contributed by atoms with Crippen molar-refractivity contribution in [2.24, 2.45) is 0 Å². The molecule has 1 amide bonds. The Morgan fingerprint density at radius 2 is 1.74 bits per heavy atom. The van der Waals surface area contributed by atoms with Crippen molar-refractivity contribution in [3.05, 3.63) is 90.2 Å². The third-order valence-electron chi connectivity index (χ3n) is 4.31. The zero-order chi connectivity index (χ0) is 21.5. The first kappa shape index (κ1) is 20.6. The Kier molecular flexibility index (Phi) is 6.59. The van der Waals surface area contributed by atoms with Crippen LogP contribution >= 0.6 is 11.8 Å². The quantitative estimate of drug-likeness (QED) is 0.385. The molecule has 0 aliphatic carbocycles. The first-order valence-electron chi connectivity index (χ1n) is 9.54. The number of ether oxygens (including phenoxy) is 1. The number of halogens is 1. The molecular weight excluding hydrogens is 415 g/mol. The summed E-state index contributed by atoms with van der Waals surface area (Å²) in [6.45, 7) is 0.481. The van der Waals surface area contributed by atoms with Crippen LogP contribution in [0.2, 0.25) is 0 Å². The van der Waals surface area contributed by atoms with Crippen LogP contribution in [0.5, 0.6) is 5.75 Å². The maximum absolute atomic E-state index is 13.8. The summed E-state index contributed by atoms with van der Waals surface area (Å²) in [5, 5.41) is 9.92. The second-order valence-electron chi connectivity index (χ2n) is 6.58. The van der Waals surface area contributed by atoms with Crippen LogP contribution in [-0.4, -0.2) is 26.8 Å². The summed E-state index contributed by atoms with van der Waals surface area (Å²) < 4.78 is 19.6. The molecule has 0 saturated carbocycles. The second kappa shape index (κ2) is 9.90. The fourth-order valence-corrected chi connectivity index (χ4v) is 3.39. The summed E-state index contributed by atoms with van der Waals surface area (Å²) in [4.78, 5) is 16.5. The monoisotopic (exact) mass is 434 g/mol. The smallest absolute Gasteiger partial charge is 0.234 e. The molecule has 0 fully saturated rings. The third-order valence-corrected chi connectivity index (χ3v) is 5.16. The van der Waals surface area contributed by atoms with Gasteiger partial charge in [-0.1, -0.05) is 54.2 Å². The topological polar surface area (TPSA) is 79.9 Å². The Hall–Kier alpha value is -3.65. The molecule has 1 aromatic heterocycles. The highest BCUT2D eigenvalue weighted by Crippen LogP contribution is 2.22. The maximum atomic E-state index is 13.8. The lowest BCUT2D eigenvalue weighted by molar-refractivity contribution is -0.113. The highest BCUT2D eigenvalue weighted by molar-refractivity contribution is 7.99. The highest BCUT2D eigenvalue weighted by atomic mass is 32.2. The van der Waals surface area contributed by atoms with Crippen LogP contribution in [0.25, 0.3) is 11.4 Å². The van der Waals surface area contributed by atoms with E-state index >= 15 is 0 Å². The minimum absolute atomic E-state index is 0.126. The van der Waals surface area contributed by atoms with Crippen LogP contribution in [0.15, 0.2) is 84.0 Å². The predicted molar refractivity (Wildman–Crippen MR) is 118 cm³/mol. The van der Waals surface area contributed by atoms with Crippen molar-refractivity contribution in [1.82, 2.24) is 15.2 Å². The largest absolute Gasteiger partial charge is 0.489 e. The molecule has 4 aromatic rings. The first-order chi connectivity index (χ1) is 15.2. The normalized spacial score (nSPS) is 10.6. The standard InChI is InChI=1S/C23H19FN4O2S/c24-20-9-5-4-8-19(20)22-26-23(28-27-22)31-15-21(29)25-17-10-12-18(13-11-17)30-14-16-6-2-1-3-7-16/h1-13H,14-15H2,(H,25,29)(H,26,27,28). The van der Waals surface area contributed by atoms with Gasteiger partial charge in [0.1, 0.15) is 18.2 Å². The summed E-state index contributed by atoms with van der Waals surface area (Å²) in [6, 6.07) is 23.4. The van der Waals surface area contributed by atoms with E-state index in [1.54, 1.807) is 30.3 Å². The maximum Gasteiger partial charge on any atom is 0.234 e. The van der Waals surface area contributed by atoms with Gasteiger partial charge in [-0.05, 0) is 42.0 Å². The van der Waals surface area contributed by atoms with Crippen LogP contribution < -0.4 is 10.1 Å². The number of benzene rings is 3. The fourth-order valence-electron chi connectivity index (χ4n) is 2.79. The van der Waals surface area contributed by atoms with Gasteiger partial charge >= 0.3 is 0 Å². The number of amides is 1. The number of hydrogen-bond donors (Lipinski definition) is 2. The van der Waals surface area contributed by atoms with Crippen molar-refractivity contribution in [3.63, 3.8) is 0 Å². The van der Waals surface area contributed by atoms with Crippen LogP contribution in [0.1, 0.15) is 5.56 Å². The molecule has 4 rings (SSSR count). The number of aromatic nitrogens is 3. The molecule has 0 aliphatic heterocycles. The third kappa shape index (κ3) is 5.70. The Bertz CT molecular complexity index is 1150. The molecular formula is C23H19FN4O2S. The first-order valence-corrected chi connectivity index (χ1v) is 10.5.